The van der Waals surface area contributed by atoms with Crippen LogP contribution in [0.3, 0.4) is 0 Å². The number of carbonyl (C=O) groups is 2. The van der Waals surface area contributed by atoms with Gasteiger partial charge in [-0.3, -0.25) is 18.6 Å². The van der Waals surface area contributed by atoms with Gasteiger partial charge in [0.2, 0.25) is 0 Å². The summed E-state index contributed by atoms with van der Waals surface area (Å²) in [6.07, 6.45) is 75.0. The van der Waals surface area contributed by atoms with Crippen LogP contribution in [0.15, 0.2) is 85.1 Å². The number of phosphoric acid groups is 1. The van der Waals surface area contributed by atoms with E-state index >= 15 is 0 Å². The van der Waals surface area contributed by atoms with Gasteiger partial charge in [0.05, 0.1) is 13.2 Å². The van der Waals surface area contributed by atoms with E-state index in [0.29, 0.717) is 6.42 Å². The number of rotatable bonds is 55. The van der Waals surface area contributed by atoms with Crippen LogP contribution in [0.4, 0.5) is 0 Å². The number of phosphoric ester groups is 1. The van der Waals surface area contributed by atoms with Crippen molar-refractivity contribution in [2.45, 2.75) is 270 Å². The Kier molecular flexibility index (Phi) is 55.2. The molecule has 416 valence electrons. The average molecular weight is 1030 g/mol. The summed E-state index contributed by atoms with van der Waals surface area (Å²) < 4.78 is 33.0. The molecule has 0 aliphatic heterocycles. The van der Waals surface area contributed by atoms with Crippen LogP contribution in [0.5, 0.6) is 0 Å². The van der Waals surface area contributed by atoms with Crippen molar-refractivity contribution in [3.63, 3.8) is 0 Å². The Labute approximate surface area is 443 Å². The van der Waals surface area contributed by atoms with E-state index in [2.05, 4.69) is 98.9 Å². The Balaban J connectivity index is 3.92. The lowest BCUT2D eigenvalue weighted by Gasteiger charge is -2.19. The molecule has 0 aliphatic rings. The maximum absolute atomic E-state index is 12.7. The molecule has 3 N–H and O–H groups in total. The third kappa shape index (κ3) is 56.5. The van der Waals surface area contributed by atoms with Gasteiger partial charge in [0.1, 0.15) is 6.61 Å². The third-order valence-electron chi connectivity index (χ3n) is 12.5. The summed E-state index contributed by atoms with van der Waals surface area (Å²) >= 11 is 0. The fourth-order valence-electron chi connectivity index (χ4n) is 8.16. The number of carbonyl (C=O) groups excluding carboxylic acids is 2. The molecule has 0 amide bonds. The first-order valence-electron chi connectivity index (χ1n) is 29.6. The molecule has 0 bridgehead atoms. The van der Waals surface area contributed by atoms with Gasteiger partial charge in [-0.1, -0.05) is 247 Å². The van der Waals surface area contributed by atoms with Crippen molar-refractivity contribution in [2.24, 2.45) is 5.73 Å². The Hall–Kier alpha value is -2.81. The lowest BCUT2D eigenvalue weighted by Crippen LogP contribution is -2.29. The second-order valence-corrected chi connectivity index (χ2v) is 20.9. The summed E-state index contributed by atoms with van der Waals surface area (Å²) in [5.41, 5.74) is 5.38. The Bertz CT molecular complexity index is 1450. The van der Waals surface area contributed by atoms with Crippen molar-refractivity contribution in [1.82, 2.24) is 0 Å². The van der Waals surface area contributed by atoms with E-state index in [4.69, 9.17) is 24.3 Å². The van der Waals surface area contributed by atoms with Gasteiger partial charge in [-0.05, 0) is 89.9 Å². The van der Waals surface area contributed by atoms with Crippen LogP contribution in [-0.2, 0) is 32.7 Å². The topological polar surface area (TPSA) is 134 Å². The first-order valence-corrected chi connectivity index (χ1v) is 31.1. The minimum Gasteiger partial charge on any atom is -0.462 e. The number of allylic oxidation sites excluding steroid dienone is 14. The number of nitrogens with two attached hydrogens (primary N) is 1. The van der Waals surface area contributed by atoms with Crippen LogP contribution in [0.1, 0.15) is 264 Å². The molecule has 0 fully saturated rings. The molecule has 0 aromatic rings. The molecule has 0 radical (unpaired) electrons. The predicted molar refractivity (Wildman–Crippen MR) is 307 cm³/mol. The van der Waals surface area contributed by atoms with Crippen LogP contribution in [-0.4, -0.2) is 49.3 Å². The molecule has 72 heavy (non-hydrogen) atoms. The van der Waals surface area contributed by atoms with Crippen molar-refractivity contribution in [1.29, 1.82) is 0 Å². The predicted octanol–water partition coefficient (Wildman–Crippen LogP) is 18.7. The lowest BCUT2D eigenvalue weighted by atomic mass is 10.0. The average Bonchev–Trinajstić information content (AvgIpc) is 3.37. The second-order valence-electron chi connectivity index (χ2n) is 19.5. The van der Waals surface area contributed by atoms with Crippen LogP contribution in [0.25, 0.3) is 0 Å². The summed E-state index contributed by atoms with van der Waals surface area (Å²) in [7, 11) is -4.39. The molecule has 0 aliphatic carbocycles. The fraction of sp³-hybridized carbons (Fsp3) is 0.742. The number of hydrogen-bond donors (Lipinski definition) is 2. The minimum absolute atomic E-state index is 0.0503. The summed E-state index contributed by atoms with van der Waals surface area (Å²) in [6.45, 7) is 3.62. The molecule has 2 atom stereocenters. The van der Waals surface area contributed by atoms with Gasteiger partial charge in [0.15, 0.2) is 6.10 Å². The van der Waals surface area contributed by atoms with Gasteiger partial charge in [-0.25, -0.2) is 4.57 Å². The summed E-state index contributed by atoms with van der Waals surface area (Å²) in [5.74, 6) is -0.832. The standard InChI is InChI=1S/C62H110NO8P/c1-3-5-7-9-11-13-15-17-19-21-23-24-25-26-27-28-29-30-31-32-33-34-35-36-37-39-41-43-45-47-49-51-53-55-62(65)71-60(59-70-72(66,67)69-57-56-63)58-68-61(64)54-52-50-48-46-44-42-40-38-22-20-18-16-14-12-10-8-6-4-2/h5,7,11,13-14,16-17,19-20,22-24,26-27,60H,3-4,6,8-10,12,15,18,21,25,28-59,63H2,1-2H3,(H,66,67)/b7-5-,13-11-,16-14-,19-17-,22-20-,24-23-,27-26-. The van der Waals surface area contributed by atoms with Crippen LogP contribution >= 0.6 is 7.82 Å². The largest absolute Gasteiger partial charge is 0.472 e. The molecule has 2 unspecified atom stereocenters. The summed E-state index contributed by atoms with van der Waals surface area (Å²) in [6, 6.07) is 0. The molecule has 9 nitrogen and oxygen atoms in total. The van der Waals surface area contributed by atoms with Crippen molar-refractivity contribution in [3.8, 4) is 0 Å². The molecule has 10 heteroatoms. The first kappa shape index (κ1) is 69.2. The molecular formula is C62H110NO8P. The number of hydrogen-bond acceptors (Lipinski definition) is 8. The van der Waals surface area contributed by atoms with E-state index in [1.54, 1.807) is 0 Å². The molecule has 0 saturated carbocycles. The van der Waals surface area contributed by atoms with Gasteiger partial charge >= 0.3 is 19.8 Å². The highest BCUT2D eigenvalue weighted by Gasteiger charge is 2.26. The molecular weight excluding hydrogens is 918 g/mol. The first-order chi connectivity index (χ1) is 35.3. The highest BCUT2D eigenvalue weighted by molar-refractivity contribution is 7.47. The molecule has 0 spiro atoms. The zero-order chi connectivity index (χ0) is 52.4. The Morgan fingerprint density at radius 1 is 0.431 bits per heavy atom. The van der Waals surface area contributed by atoms with E-state index in [-0.39, 0.29) is 38.6 Å². The van der Waals surface area contributed by atoms with Gasteiger partial charge in [0.25, 0.3) is 0 Å². The monoisotopic (exact) mass is 1030 g/mol. The third-order valence-corrected chi connectivity index (χ3v) is 13.5. The van der Waals surface area contributed by atoms with Crippen molar-refractivity contribution in [3.05, 3.63) is 85.1 Å². The van der Waals surface area contributed by atoms with Gasteiger partial charge in [-0.15, -0.1) is 0 Å². The molecule has 0 rings (SSSR count). The van der Waals surface area contributed by atoms with Gasteiger partial charge in [-0.2, -0.15) is 0 Å². The molecule has 0 aromatic carbocycles. The SMILES string of the molecule is CC/C=C\C/C=C\C/C=C\C/C=C\C/C=C\CCCCCCCCCCCCCCCCCCCC(=O)OC(COC(=O)CCCCCCCCC/C=C\C/C=C\CCCCCC)COP(=O)(O)OCCN. The maximum Gasteiger partial charge on any atom is 0.472 e. The highest BCUT2D eigenvalue weighted by atomic mass is 31.2. The number of unbranched alkanes of at least 4 members (excludes halogenated alkanes) is 28. The van der Waals surface area contributed by atoms with Gasteiger partial charge in [0, 0.05) is 19.4 Å². The Morgan fingerprint density at radius 2 is 0.764 bits per heavy atom. The zero-order valence-electron chi connectivity index (χ0n) is 46.4. The molecule has 0 aromatic heterocycles. The van der Waals surface area contributed by atoms with Crippen LogP contribution in [0, 0.1) is 0 Å². The number of ether oxygens (including phenoxy) is 2. The fourth-order valence-corrected chi connectivity index (χ4v) is 8.93. The lowest BCUT2D eigenvalue weighted by molar-refractivity contribution is -0.161. The van der Waals surface area contributed by atoms with Gasteiger partial charge < -0.3 is 20.1 Å². The minimum atomic E-state index is -4.39. The highest BCUT2D eigenvalue weighted by Crippen LogP contribution is 2.43. The van der Waals surface area contributed by atoms with Crippen LogP contribution < -0.4 is 5.73 Å². The van der Waals surface area contributed by atoms with Crippen molar-refractivity contribution >= 4 is 19.8 Å². The van der Waals surface area contributed by atoms with E-state index < -0.39 is 26.5 Å². The Morgan fingerprint density at radius 3 is 1.14 bits per heavy atom. The molecule has 0 saturated heterocycles. The van der Waals surface area contributed by atoms with E-state index in [1.807, 2.05) is 0 Å². The summed E-state index contributed by atoms with van der Waals surface area (Å²) in [4.78, 5) is 35.2. The van der Waals surface area contributed by atoms with Crippen molar-refractivity contribution < 1.29 is 37.6 Å². The second kappa shape index (κ2) is 57.5. The van der Waals surface area contributed by atoms with Crippen LogP contribution in [0.2, 0.25) is 0 Å². The number of esters is 2. The van der Waals surface area contributed by atoms with Crippen molar-refractivity contribution in [2.75, 3.05) is 26.4 Å². The molecule has 0 heterocycles. The van der Waals surface area contributed by atoms with E-state index in [1.165, 1.54) is 141 Å². The summed E-state index contributed by atoms with van der Waals surface area (Å²) in [5, 5.41) is 0. The van der Waals surface area contributed by atoms with E-state index in [9.17, 15) is 19.0 Å². The smallest absolute Gasteiger partial charge is 0.462 e. The zero-order valence-corrected chi connectivity index (χ0v) is 47.3. The van der Waals surface area contributed by atoms with E-state index in [0.717, 1.165) is 89.9 Å². The quantitative estimate of drug-likeness (QED) is 0.0264. The normalized spacial score (nSPS) is 13.7. The maximum atomic E-state index is 12.7.